The first-order chi connectivity index (χ1) is 32.8. The highest BCUT2D eigenvalue weighted by Crippen LogP contribution is 2.38. The molecule has 0 spiro atoms. The Morgan fingerprint density at radius 2 is 1.65 bits per heavy atom. The van der Waals surface area contributed by atoms with Crippen molar-refractivity contribution >= 4 is 35.2 Å². The molecular formula is C52H65N11O5. The number of nitrogens with zero attached hydrogens (tertiary/aromatic N) is 8. The Labute approximate surface area is 399 Å². The normalized spacial score (nSPS) is 23.7. The quantitative estimate of drug-likeness (QED) is 0.132. The number of carbonyl (C=O) groups is 3. The molecule has 16 nitrogen and oxygen atoms in total. The monoisotopic (exact) mass is 924 g/mol. The van der Waals surface area contributed by atoms with E-state index in [0.717, 1.165) is 113 Å². The number of hydrogen-bond acceptors (Lipinski definition) is 13. The summed E-state index contributed by atoms with van der Waals surface area (Å²) in [5.41, 5.74) is 4.49. The van der Waals surface area contributed by atoms with Crippen LogP contribution in [0.5, 0.6) is 5.75 Å². The fourth-order valence-electron chi connectivity index (χ4n) is 10.8. The summed E-state index contributed by atoms with van der Waals surface area (Å²) in [5.74, 6) is 4.23. The lowest BCUT2D eigenvalue weighted by Crippen LogP contribution is -2.58. The van der Waals surface area contributed by atoms with Crippen LogP contribution in [0.1, 0.15) is 88.3 Å². The summed E-state index contributed by atoms with van der Waals surface area (Å²) in [6, 6.07) is 15.1. The SMILES string of the molecule is C#Cc1ccc(CNC(=O)[C@@H]2C[C@@H](O)CN2C(=O)[C@@H](NC(=O)[C@H]2CC[C@@H](CN3CCC(c4cnc(N5CCN6c7cc(-c8ccccc8O)nnc7NC[C@H]6C5)nc4)CC3)CC2)C(C)(C)C)cc1. The van der Waals surface area contributed by atoms with Gasteiger partial charge in [0, 0.05) is 81.7 Å². The first kappa shape index (κ1) is 46.8. The molecule has 4 aliphatic heterocycles. The average molecular weight is 924 g/mol. The zero-order valence-electron chi connectivity index (χ0n) is 39.5. The Morgan fingerprint density at radius 3 is 2.35 bits per heavy atom. The van der Waals surface area contributed by atoms with Crippen molar-refractivity contribution in [1.29, 1.82) is 0 Å². The van der Waals surface area contributed by atoms with Crippen molar-refractivity contribution in [2.75, 3.05) is 67.5 Å². The number of piperazine rings is 1. The summed E-state index contributed by atoms with van der Waals surface area (Å²) in [4.78, 5) is 59.8. The largest absolute Gasteiger partial charge is 0.507 e. The predicted octanol–water partition coefficient (Wildman–Crippen LogP) is 4.54. The number of carbonyl (C=O) groups excluding carboxylic acids is 3. The third-order valence-corrected chi connectivity index (χ3v) is 14.8. The number of para-hydroxylation sites is 1. The number of phenolic OH excluding ortho intramolecular Hbond substituents is 1. The van der Waals surface area contributed by atoms with Crippen LogP contribution in [0.15, 0.2) is 67.0 Å². The van der Waals surface area contributed by atoms with Crippen molar-refractivity contribution in [3.63, 3.8) is 0 Å². The summed E-state index contributed by atoms with van der Waals surface area (Å²) in [6.45, 7) is 12.2. The summed E-state index contributed by atoms with van der Waals surface area (Å²) in [6.07, 6.45) is 14.4. The van der Waals surface area contributed by atoms with E-state index in [4.69, 9.17) is 16.4 Å². The van der Waals surface area contributed by atoms with E-state index in [-0.39, 0.29) is 54.9 Å². The molecule has 3 amide bonds. The third-order valence-electron chi connectivity index (χ3n) is 14.8. The van der Waals surface area contributed by atoms with Crippen LogP contribution in [-0.4, -0.2) is 134 Å². The van der Waals surface area contributed by atoms with E-state index in [1.165, 1.54) is 10.5 Å². The first-order valence-electron chi connectivity index (χ1n) is 24.4. The lowest BCUT2D eigenvalue weighted by molar-refractivity contribution is -0.144. The lowest BCUT2D eigenvalue weighted by atomic mass is 9.80. The van der Waals surface area contributed by atoms with Crippen LogP contribution in [0, 0.1) is 29.6 Å². The zero-order chi connectivity index (χ0) is 47.5. The molecule has 4 fully saturated rings. The molecule has 16 heteroatoms. The molecule has 1 saturated carbocycles. The Bertz CT molecular complexity index is 2470. The van der Waals surface area contributed by atoms with Crippen molar-refractivity contribution in [2.45, 2.75) is 102 Å². The molecule has 2 aromatic heterocycles. The number of anilines is 3. The molecule has 4 aromatic rings. The number of likely N-dealkylation sites (tertiary alicyclic amines) is 2. The molecule has 1 aliphatic carbocycles. The molecule has 0 bridgehead atoms. The van der Waals surface area contributed by atoms with Gasteiger partial charge in [0.05, 0.1) is 23.5 Å². The first-order valence-corrected chi connectivity index (χ1v) is 24.4. The van der Waals surface area contributed by atoms with Gasteiger partial charge in [-0.15, -0.1) is 16.6 Å². The van der Waals surface area contributed by atoms with Gasteiger partial charge in [0.2, 0.25) is 23.7 Å². The van der Waals surface area contributed by atoms with Crippen LogP contribution in [0.25, 0.3) is 11.3 Å². The second-order valence-corrected chi connectivity index (χ2v) is 20.5. The Balaban J connectivity index is 0.716. The van der Waals surface area contributed by atoms with E-state index in [1.807, 2.05) is 75.6 Å². The fraction of sp³-hybridized carbons (Fsp3) is 0.519. The topological polar surface area (TPSA) is 192 Å². The van der Waals surface area contributed by atoms with Crippen molar-refractivity contribution in [3.8, 4) is 29.4 Å². The van der Waals surface area contributed by atoms with Gasteiger partial charge in [0.15, 0.2) is 5.82 Å². The van der Waals surface area contributed by atoms with E-state index in [1.54, 1.807) is 12.1 Å². The van der Waals surface area contributed by atoms with Crippen LogP contribution in [0.3, 0.4) is 0 Å². The van der Waals surface area contributed by atoms with Crippen molar-refractivity contribution < 1.29 is 24.6 Å². The van der Waals surface area contributed by atoms with Crippen LogP contribution >= 0.6 is 0 Å². The minimum atomic E-state index is -0.847. The van der Waals surface area contributed by atoms with E-state index < -0.39 is 23.6 Å². The molecule has 0 radical (unpaired) electrons. The van der Waals surface area contributed by atoms with Crippen LogP contribution < -0.4 is 25.8 Å². The number of aliphatic hydroxyl groups is 1. The molecule has 3 saturated heterocycles. The number of phenols is 1. The molecular weight excluding hydrogens is 859 g/mol. The number of aromatic nitrogens is 4. The minimum absolute atomic E-state index is 0.0366. The molecule has 358 valence electrons. The number of piperidine rings is 1. The number of fused-ring (bicyclic) bond motifs is 3. The van der Waals surface area contributed by atoms with Gasteiger partial charge in [-0.2, -0.15) is 0 Å². The van der Waals surface area contributed by atoms with E-state index >= 15 is 0 Å². The number of terminal acetylenes is 1. The van der Waals surface area contributed by atoms with E-state index in [2.05, 4.69) is 46.8 Å². The van der Waals surface area contributed by atoms with Gasteiger partial charge in [-0.3, -0.25) is 14.4 Å². The Kier molecular flexibility index (Phi) is 13.8. The van der Waals surface area contributed by atoms with Gasteiger partial charge in [-0.1, -0.05) is 51.0 Å². The molecule has 6 heterocycles. The van der Waals surface area contributed by atoms with Crippen molar-refractivity contribution in [1.82, 2.24) is 40.6 Å². The summed E-state index contributed by atoms with van der Waals surface area (Å²) in [5, 5.41) is 39.4. The molecule has 0 unspecified atom stereocenters. The van der Waals surface area contributed by atoms with Crippen molar-refractivity contribution in [2.24, 2.45) is 17.3 Å². The molecule has 68 heavy (non-hydrogen) atoms. The maximum Gasteiger partial charge on any atom is 0.246 e. The second-order valence-electron chi connectivity index (χ2n) is 20.5. The second kappa shape index (κ2) is 20.1. The van der Waals surface area contributed by atoms with Gasteiger partial charge in [-0.25, -0.2) is 9.97 Å². The molecule has 4 atom stereocenters. The van der Waals surface area contributed by atoms with Crippen molar-refractivity contribution in [3.05, 3.63) is 83.7 Å². The molecule has 5 N–H and O–H groups in total. The van der Waals surface area contributed by atoms with Gasteiger partial charge in [0.25, 0.3) is 0 Å². The van der Waals surface area contributed by atoms with Crippen LogP contribution in [0.2, 0.25) is 0 Å². The number of aromatic hydroxyl groups is 1. The minimum Gasteiger partial charge on any atom is -0.507 e. The molecule has 9 rings (SSSR count). The maximum absolute atomic E-state index is 14.2. The predicted molar refractivity (Wildman–Crippen MR) is 261 cm³/mol. The standard InChI is InChI=1S/C52H65N11O5/c1-5-33-10-12-34(13-11-33)26-54-49(67)44-24-40(64)32-63(44)50(68)46(52(2,3)4)57-48(66)37-16-14-35(15-17-37)30-60-20-18-36(19-21-60)38-27-55-51(56-28-38)61-22-23-62-39(31-61)29-53-47-43(62)25-42(58-59-47)41-8-6-7-9-45(41)65/h1,6-13,25,27-28,35-37,39-40,44,46,64-65H,14-24,26,29-32H2,2-4H3,(H,53,59)(H,54,67)(H,57,66)/t35-,37+,39-,40+,44-,46+/m0/s1. The number of β-amino-alcohol motifs (C(OH)–C–C–N with tert-alkyl or cyclic N) is 1. The maximum atomic E-state index is 14.2. The highest BCUT2D eigenvalue weighted by molar-refractivity contribution is 5.93. The fourth-order valence-corrected chi connectivity index (χ4v) is 10.8. The smallest absolute Gasteiger partial charge is 0.246 e. The number of amides is 3. The number of nitrogens with one attached hydrogen (secondary N) is 3. The number of aliphatic hydroxyl groups excluding tert-OH is 1. The molecule has 2 aromatic carbocycles. The average Bonchev–Trinajstić information content (AvgIpc) is 3.76. The summed E-state index contributed by atoms with van der Waals surface area (Å²) < 4.78 is 0. The number of rotatable bonds is 11. The Hall–Kier alpha value is -6.31. The summed E-state index contributed by atoms with van der Waals surface area (Å²) >= 11 is 0. The highest BCUT2D eigenvalue weighted by Gasteiger charge is 2.45. The van der Waals surface area contributed by atoms with E-state index in [0.29, 0.717) is 23.1 Å². The Morgan fingerprint density at radius 1 is 0.912 bits per heavy atom. The third kappa shape index (κ3) is 10.4. The van der Waals surface area contributed by atoms with Crippen LogP contribution in [-0.2, 0) is 20.9 Å². The number of hydrogen-bond donors (Lipinski definition) is 5. The van der Waals surface area contributed by atoms with Gasteiger partial charge >= 0.3 is 0 Å². The number of benzene rings is 2. The van der Waals surface area contributed by atoms with Gasteiger partial charge in [-0.05, 0) is 110 Å². The summed E-state index contributed by atoms with van der Waals surface area (Å²) in [7, 11) is 0. The van der Waals surface area contributed by atoms with E-state index in [9.17, 15) is 24.6 Å². The zero-order valence-corrected chi connectivity index (χ0v) is 39.5. The van der Waals surface area contributed by atoms with Crippen LogP contribution in [0.4, 0.5) is 17.5 Å². The lowest BCUT2D eigenvalue weighted by Gasteiger charge is -2.45. The highest BCUT2D eigenvalue weighted by atomic mass is 16.3. The molecule has 5 aliphatic rings. The van der Waals surface area contributed by atoms with Gasteiger partial charge in [0.1, 0.15) is 17.8 Å². The van der Waals surface area contributed by atoms with Gasteiger partial charge < -0.3 is 45.8 Å².